The molecule has 0 unspecified atom stereocenters. The molecule has 124 valence electrons. The van der Waals surface area contributed by atoms with E-state index in [1.54, 1.807) is 22.1 Å². The Morgan fingerprint density at radius 2 is 2.17 bits per heavy atom. The topological polar surface area (TPSA) is 68.8 Å². The third-order valence-electron chi connectivity index (χ3n) is 4.29. The molecule has 0 spiro atoms. The van der Waals surface area contributed by atoms with Crippen LogP contribution >= 0.6 is 11.3 Å². The summed E-state index contributed by atoms with van der Waals surface area (Å²) in [4.78, 5) is 18.9. The third-order valence-corrected chi connectivity index (χ3v) is 4.98. The van der Waals surface area contributed by atoms with Crippen LogP contribution in [0.3, 0.4) is 0 Å². The fraction of sp³-hybridized carbons (Fsp3) is 0.375. The number of aromatic nitrogens is 5. The Morgan fingerprint density at radius 3 is 2.83 bits per heavy atom. The normalized spacial score (nSPS) is 14.8. The number of thiophene rings is 1. The van der Waals surface area contributed by atoms with Crippen molar-refractivity contribution in [1.29, 1.82) is 0 Å². The van der Waals surface area contributed by atoms with E-state index in [1.807, 2.05) is 46.6 Å². The van der Waals surface area contributed by atoms with Gasteiger partial charge in [-0.05, 0) is 24.4 Å². The minimum atomic E-state index is -0.0151. The van der Waals surface area contributed by atoms with Crippen molar-refractivity contribution in [3.8, 4) is 11.4 Å². The number of aryl methyl sites for hydroxylation is 2. The molecule has 0 saturated carbocycles. The molecule has 1 aliphatic heterocycles. The van der Waals surface area contributed by atoms with Gasteiger partial charge in [0, 0.05) is 43.8 Å². The molecule has 7 nitrogen and oxygen atoms in total. The third kappa shape index (κ3) is 2.52. The fourth-order valence-electron chi connectivity index (χ4n) is 2.89. The second kappa shape index (κ2) is 5.86. The maximum atomic E-state index is 12.4. The number of hydrogen-bond donors (Lipinski definition) is 0. The maximum absolute atomic E-state index is 12.4. The molecular formula is C16H18N6OS. The SMILES string of the molecule is CCn1ccc(C(=O)N2CC(c3nc(-c4ccsc4)nn3C)C2)n1. The number of amides is 1. The highest BCUT2D eigenvalue weighted by atomic mass is 32.1. The molecule has 0 N–H and O–H groups in total. The van der Waals surface area contributed by atoms with Gasteiger partial charge in [-0.25, -0.2) is 4.98 Å². The second-order valence-corrected chi connectivity index (χ2v) is 6.67. The van der Waals surface area contributed by atoms with Gasteiger partial charge in [0.1, 0.15) is 11.5 Å². The van der Waals surface area contributed by atoms with Crippen LogP contribution in [0.2, 0.25) is 0 Å². The van der Waals surface area contributed by atoms with Crippen molar-refractivity contribution in [2.24, 2.45) is 7.05 Å². The lowest BCUT2D eigenvalue weighted by Crippen LogP contribution is -2.49. The van der Waals surface area contributed by atoms with E-state index in [9.17, 15) is 4.79 Å². The van der Waals surface area contributed by atoms with Crippen molar-refractivity contribution >= 4 is 17.2 Å². The molecule has 0 aromatic carbocycles. The summed E-state index contributed by atoms with van der Waals surface area (Å²) in [5, 5.41) is 12.8. The Labute approximate surface area is 143 Å². The molecule has 1 amide bonds. The van der Waals surface area contributed by atoms with Crippen LogP contribution in [0, 0.1) is 0 Å². The van der Waals surface area contributed by atoms with Gasteiger partial charge in [0.25, 0.3) is 5.91 Å². The molecule has 4 rings (SSSR count). The molecule has 1 fully saturated rings. The zero-order valence-corrected chi connectivity index (χ0v) is 14.4. The maximum Gasteiger partial charge on any atom is 0.274 e. The van der Waals surface area contributed by atoms with Gasteiger partial charge in [0.05, 0.1) is 5.92 Å². The minimum Gasteiger partial charge on any atom is -0.336 e. The van der Waals surface area contributed by atoms with Crippen LogP contribution in [-0.4, -0.2) is 48.4 Å². The van der Waals surface area contributed by atoms with Gasteiger partial charge < -0.3 is 4.90 Å². The summed E-state index contributed by atoms with van der Waals surface area (Å²) in [5.74, 6) is 1.89. The molecule has 1 aliphatic rings. The van der Waals surface area contributed by atoms with Crippen molar-refractivity contribution < 1.29 is 4.79 Å². The van der Waals surface area contributed by atoms with Gasteiger partial charge in [-0.3, -0.25) is 14.2 Å². The minimum absolute atomic E-state index is 0.0151. The summed E-state index contributed by atoms with van der Waals surface area (Å²) < 4.78 is 3.59. The van der Waals surface area contributed by atoms with E-state index in [0.29, 0.717) is 18.8 Å². The van der Waals surface area contributed by atoms with Gasteiger partial charge >= 0.3 is 0 Å². The second-order valence-electron chi connectivity index (χ2n) is 5.89. The standard InChI is InChI=1S/C16H18N6OS/c1-3-22-6-4-13(18-22)16(23)21-8-12(9-21)15-17-14(19-20(15)2)11-5-7-24-10-11/h4-7,10,12H,3,8-9H2,1-2H3. The molecule has 0 radical (unpaired) electrons. The van der Waals surface area contributed by atoms with Crippen LogP contribution in [0.1, 0.15) is 29.2 Å². The summed E-state index contributed by atoms with van der Waals surface area (Å²) in [6.45, 7) is 4.08. The Hall–Kier alpha value is -2.48. The summed E-state index contributed by atoms with van der Waals surface area (Å²) in [6, 6.07) is 3.79. The predicted molar refractivity (Wildman–Crippen MR) is 90.9 cm³/mol. The van der Waals surface area contributed by atoms with Gasteiger partial charge in [-0.1, -0.05) is 0 Å². The lowest BCUT2D eigenvalue weighted by molar-refractivity contribution is 0.0584. The number of likely N-dealkylation sites (tertiary alicyclic amines) is 1. The van der Waals surface area contributed by atoms with Crippen LogP contribution < -0.4 is 0 Å². The first kappa shape index (κ1) is 15.1. The van der Waals surface area contributed by atoms with Crippen LogP contribution in [-0.2, 0) is 13.6 Å². The highest BCUT2D eigenvalue weighted by molar-refractivity contribution is 7.08. The van der Waals surface area contributed by atoms with E-state index >= 15 is 0 Å². The van der Waals surface area contributed by atoms with Crippen molar-refractivity contribution in [2.45, 2.75) is 19.4 Å². The first-order valence-corrected chi connectivity index (χ1v) is 8.86. The number of carbonyl (C=O) groups excluding carboxylic acids is 1. The summed E-state index contributed by atoms with van der Waals surface area (Å²) in [6.07, 6.45) is 1.83. The molecule has 3 aromatic heterocycles. The average Bonchev–Trinajstić information content (AvgIpc) is 3.26. The molecule has 3 aromatic rings. The lowest BCUT2D eigenvalue weighted by atomic mass is 9.99. The molecule has 8 heteroatoms. The van der Waals surface area contributed by atoms with Gasteiger partial charge in [-0.2, -0.15) is 21.5 Å². The Kier molecular flexibility index (Phi) is 3.68. The fourth-order valence-corrected chi connectivity index (χ4v) is 3.52. The summed E-state index contributed by atoms with van der Waals surface area (Å²) in [5.41, 5.74) is 1.55. The smallest absolute Gasteiger partial charge is 0.274 e. The molecular weight excluding hydrogens is 324 g/mol. The monoisotopic (exact) mass is 342 g/mol. The Balaban J connectivity index is 1.45. The largest absolute Gasteiger partial charge is 0.336 e. The first-order valence-electron chi connectivity index (χ1n) is 7.92. The molecule has 4 heterocycles. The highest BCUT2D eigenvalue weighted by Gasteiger charge is 2.36. The van der Waals surface area contributed by atoms with Crippen molar-refractivity contribution in [3.05, 3.63) is 40.6 Å². The quantitative estimate of drug-likeness (QED) is 0.727. The van der Waals surface area contributed by atoms with E-state index in [0.717, 1.165) is 23.8 Å². The van der Waals surface area contributed by atoms with E-state index < -0.39 is 0 Å². The number of rotatable bonds is 4. The number of carbonyl (C=O) groups is 1. The molecule has 0 atom stereocenters. The summed E-state index contributed by atoms with van der Waals surface area (Å²) in [7, 11) is 1.91. The number of hydrogen-bond acceptors (Lipinski definition) is 5. The van der Waals surface area contributed by atoms with Crippen LogP contribution in [0.5, 0.6) is 0 Å². The highest BCUT2D eigenvalue weighted by Crippen LogP contribution is 2.28. The zero-order chi connectivity index (χ0) is 16.7. The van der Waals surface area contributed by atoms with E-state index in [2.05, 4.69) is 15.2 Å². The van der Waals surface area contributed by atoms with Crippen LogP contribution in [0.25, 0.3) is 11.4 Å². The van der Waals surface area contributed by atoms with Gasteiger partial charge in [0.2, 0.25) is 0 Å². The number of nitrogens with zero attached hydrogens (tertiary/aromatic N) is 6. The molecule has 0 bridgehead atoms. The van der Waals surface area contributed by atoms with Crippen molar-refractivity contribution in [1.82, 2.24) is 29.4 Å². The Bertz CT molecular complexity index is 859. The van der Waals surface area contributed by atoms with E-state index in [-0.39, 0.29) is 11.8 Å². The first-order chi connectivity index (χ1) is 11.7. The predicted octanol–water partition coefficient (Wildman–Crippen LogP) is 2.00. The average molecular weight is 342 g/mol. The molecule has 1 saturated heterocycles. The van der Waals surface area contributed by atoms with Crippen molar-refractivity contribution in [2.75, 3.05) is 13.1 Å². The van der Waals surface area contributed by atoms with Gasteiger partial charge in [-0.15, -0.1) is 0 Å². The van der Waals surface area contributed by atoms with Crippen LogP contribution in [0.15, 0.2) is 29.1 Å². The van der Waals surface area contributed by atoms with Crippen molar-refractivity contribution in [3.63, 3.8) is 0 Å². The Morgan fingerprint density at radius 1 is 1.33 bits per heavy atom. The van der Waals surface area contributed by atoms with Crippen LogP contribution in [0.4, 0.5) is 0 Å². The lowest BCUT2D eigenvalue weighted by Gasteiger charge is -2.37. The van der Waals surface area contributed by atoms with E-state index in [4.69, 9.17) is 0 Å². The van der Waals surface area contributed by atoms with Gasteiger partial charge in [0.15, 0.2) is 5.82 Å². The molecule has 0 aliphatic carbocycles. The van der Waals surface area contributed by atoms with E-state index in [1.165, 1.54) is 0 Å². The molecule has 24 heavy (non-hydrogen) atoms. The zero-order valence-electron chi connectivity index (χ0n) is 13.6. The summed E-state index contributed by atoms with van der Waals surface area (Å²) >= 11 is 1.63.